The number of amides is 1. The van der Waals surface area contributed by atoms with Crippen LogP contribution in [0.3, 0.4) is 0 Å². The molecule has 0 aromatic carbocycles. The van der Waals surface area contributed by atoms with Gasteiger partial charge in [0.2, 0.25) is 5.91 Å². The lowest BCUT2D eigenvalue weighted by atomic mass is 9.77. The van der Waals surface area contributed by atoms with E-state index < -0.39 is 0 Å². The molecule has 1 rings (SSSR count). The largest absolute Gasteiger partial charge is 0.382 e. The Balaban J connectivity index is 2.05. The number of carbonyl (C=O) groups is 1. The first-order valence-electron chi connectivity index (χ1n) is 7.76. The molecule has 0 bridgehead atoms. The number of nitrogens with one attached hydrogen (secondary N) is 1. The van der Waals surface area contributed by atoms with E-state index in [1.807, 2.05) is 0 Å². The van der Waals surface area contributed by atoms with E-state index in [-0.39, 0.29) is 17.9 Å². The van der Waals surface area contributed by atoms with Gasteiger partial charge < -0.3 is 20.5 Å². The molecule has 1 saturated carbocycles. The van der Waals surface area contributed by atoms with E-state index in [0.29, 0.717) is 19.1 Å². The first kappa shape index (κ1) is 17.4. The number of carbonyl (C=O) groups excluding carboxylic acids is 1. The van der Waals surface area contributed by atoms with Crippen molar-refractivity contribution in [2.45, 2.75) is 45.1 Å². The number of hydrogen-bond acceptors (Lipinski definition) is 4. The van der Waals surface area contributed by atoms with Crippen LogP contribution >= 0.6 is 0 Å². The predicted molar refractivity (Wildman–Crippen MR) is 79.4 cm³/mol. The molecule has 3 atom stereocenters. The molecule has 0 aliphatic heterocycles. The SMILES string of the molecule is COCCOCCCCNC(=O)C1CCCC(N)C1C. The molecule has 1 aliphatic carbocycles. The van der Waals surface area contributed by atoms with Crippen molar-refractivity contribution in [3.8, 4) is 0 Å². The molecular formula is C15H30N2O3. The molecule has 0 radical (unpaired) electrons. The van der Waals surface area contributed by atoms with Crippen LogP contribution in [0.5, 0.6) is 0 Å². The highest BCUT2D eigenvalue weighted by atomic mass is 16.5. The molecule has 5 heteroatoms. The smallest absolute Gasteiger partial charge is 0.223 e. The summed E-state index contributed by atoms with van der Waals surface area (Å²) in [4.78, 5) is 12.1. The zero-order valence-corrected chi connectivity index (χ0v) is 12.9. The van der Waals surface area contributed by atoms with Crippen molar-refractivity contribution in [2.75, 3.05) is 33.5 Å². The zero-order valence-electron chi connectivity index (χ0n) is 12.9. The summed E-state index contributed by atoms with van der Waals surface area (Å²) < 4.78 is 10.3. The van der Waals surface area contributed by atoms with Gasteiger partial charge in [-0.05, 0) is 31.6 Å². The lowest BCUT2D eigenvalue weighted by Crippen LogP contribution is -2.44. The van der Waals surface area contributed by atoms with Crippen LogP contribution in [0.1, 0.15) is 39.0 Å². The van der Waals surface area contributed by atoms with Crippen LogP contribution in [-0.2, 0) is 14.3 Å². The molecule has 5 nitrogen and oxygen atoms in total. The quantitative estimate of drug-likeness (QED) is 0.627. The second kappa shape index (κ2) is 10.1. The first-order chi connectivity index (χ1) is 9.66. The lowest BCUT2D eigenvalue weighted by Gasteiger charge is -2.32. The minimum absolute atomic E-state index is 0.0942. The average molecular weight is 286 g/mol. The van der Waals surface area contributed by atoms with Gasteiger partial charge in [-0.2, -0.15) is 0 Å². The minimum atomic E-state index is 0.0942. The summed E-state index contributed by atoms with van der Waals surface area (Å²) in [6, 6.07) is 0.175. The van der Waals surface area contributed by atoms with Crippen molar-refractivity contribution in [3.63, 3.8) is 0 Å². The highest BCUT2D eigenvalue weighted by Gasteiger charge is 2.32. The van der Waals surface area contributed by atoms with E-state index >= 15 is 0 Å². The molecular weight excluding hydrogens is 256 g/mol. The zero-order chi connectivity index (χ0) is 14.8. The van der Waals surface area contributed by atoms with Crippen LogP contribution in [0, 0.1) is 11.8 Å². The van der Waals surface area contributed by atoms with Gasteiger partial charge in [0.15, 0.2) is 0 Å². The van der Waals surface area contributed by atoms with Crippen molar-refractivity contribution in [1.82, 2.24) is 5.32 Å². The normalized spacial score (nSPS) is 26.4. The first-order valence-corrected chi connectivity index (χ1v) is 7.76. The molecule has 118 valence electrons. The molecule has 3 unspecified atom stereocenters. The Morgan fingerprint density at radius 2 is 2.05 bits per heavy atom. The van der Waals surface area contributed by atoms with Gasteiger partial charge in [-0.3, -0.25) is 4.79 Å². The van der Waals surface area contributed by atoms with E-state index in [9.17, 15) is 4.79 Å². The van der Waals surface area contributed by atoms with Crippen molar-refractivity contribution >= 4 is 5.91 Å². The maximum absolute atomic E-state index is 12.1. The molecule has 0 aromatic heterocycles. The second-order valence-electron chi connectivity index (χ2n) is 5.66. The number of unbranched alkanes of at least 4 members (excludes halogenated alkanes) is 1. The van der Waals surface area contributed by atoms with Crippen LogP contribution in [0.25, 0.3) is 0 Å². The predicted octanol–water partition coefficient (Wildman–Crippen LogP) is 1.31. The van der Waals surface area contributed by atoms with Crippen molar-refractivity contribution < 1.29 is 14.3 Å². The van der Waals surface area contributed by atoms with Gasteiger partial charge in [-0.1, -0.05) is 13.3 Å². The number of ether oxygens (including phenoxy) is 2. The van der Waals surface area contributed by atoms with Gasteiger partial charge in [0, 0.05) is 32.2 Å². The summed E-state index contributed by atoms with van der Waals surface area (Å²) in [6.07, 6.45) is 5.00. The Morgan fingerprint density at radius 1 is 1.25 bits per heavy atom. The van der Waals surface area contributed by atoms with Gasteiger partial charge >= 0.3 is 0 Å². The van der Waals surface area contributed by atoms with Crippen molar-refractivity contribution in [2.24, 2.45) is 17.6 Å². The van der Waals surface area contributed by atoms with Crippen LogP contribution in [0.2, 0.25) is 0 Å². The third-order valence-corrected chi connectivity index (χ3v) is 4.15. The number of hydrogen-bond donors (Lipinski definition) is 2. The molecule has 20 heavy (non-hydrogen) atoms. The minimum Gasteiger partial charge on any atom is -0.382 e. The molecule has 3 N–H and O–H groups in total. The third kappa shape index (κ3) is 6.20. The fourth-order valence-electron chi connectivity index (χ4n) is 2.68. The summed E-state index contributed by atoms with van der Waals surface area (Å²) in [5, 5.41) is 3.03. The average Bonchev–Trinajstić information content (AvgIpc) is 2.44. The number of rotatable bonds is 9. The Labute approximate surface area is 122 Å². The second-order valence-corrected chi connectivity index (χ2v) is 5.66. The Morgan fingerprint density at radius 3 is 2.80 bits per heavy atom. The molecule has 1 fully saturated rings. The van der Waals surface area contributed by atoms with Crippen LogP contribution in [-0.4, -0.2) is 45.4 Å². The maximum Gasteiger partial charge on any atom is 0.223 e. The van der Waals surface area contributed by atoms with Crippen molar-refractivity contribution in [1.29, 1.82) is 0 Å². The summed E-state index contributed by atoms with van der Waals surface area (Å²) in [5.74, 6) is 0.561. The summed E-state index contributed by atoms with van der Waals surface area (Å²) in [6.45, 7) is 4.82. The summed E-state index contributed by atoms with van der Waals surface area (Å²) >= 11 is 0. The van der Waals surface area contributed by atoms with Crippen LogP contribution in [0.15, 0.2) is 0 Å². The standard InChI is InChI=1S/C15H30N2O3/c1-12-13(6-5-7-14(12)16)15(18)17-8-3-4-9-20-11-10-19-2/h12-14H,3-11,16H2,1-2H3,(H,17,18). The Hall–Kier alpha value is -0.650. The van der Waals surface area contributed by atoms with Gasteiger partial charge in [-0.25, -0.2) is 0 Å². The summed E-state index contributed by atoms with van der Waals surface area (Å²) in [7, 11) is 1.66. The molecule has 0 spiro atoms. The molecule has 0 heterocycles. The number of methoxy groups -OCH3 is 1. The van der Waals surface area contributed by atoms with Gasteiger partial charge in [0.25, 0.3) is 0 Å². The van der Waals surface area contributed by atoms with E-state index in [4.69, 9.17) is 15.2 Å². The van der Waals surface area contributed by atoms with Crippen LogP contribution in [0.4, 0.5) is 0 Å². The Bertz CT molecular complexity index is 274. The summed E-state index contributed by atoms with van der Waals surface area (Å²) in [5.41, 5.74) is 6.03. The monoisotopic (exact) mass is 286 g/mol. The van der Waals surface area contributed by atoms with Gasteiger partial charge in [0.1, 0.15) is 0 Å². The van der Waals surface area contributed by atoms with Gasteiger partial charge in [-0.15, -0.1) is 0 Å². The Kier molecular flexibility index (Phi) is 8.82. The fraction of sp³-hybridized carbons (Fsp3) is 0.933. The van der Waals surface area contributed by atoms with E-state index in [0.717, 1.165) is 45.3 Å². The van der Waals surface area contributed by atoms with Crippen LogP contribution < -0.4 is 11.1 Å². The fourth-order valence-corrected chi connectivity index (χ4v) is 2.68. The van der Waals surface area contributed by atoms with E-state index in [1.165, 1.54) is 0 Å². The lowest BCUT2D eigenvalue weighted by molar-refractivity contribution is -0.127. The maximum atomic E-state index is 12.1. The molecule has 0 saturated heterocycles. The van der Waals surface area contributed by atoms with Gasteiger partial charge in [0.05, 0.1) is 13.2 Å². The third-order valence-electron chi connectivity index (χ3n) is 4.15. The molecule has 0 aromatic rings. The van der Waals surface area contributed by atoms with E-state index in [2.05, 4.69) is 12.2 Å². The molecule has 1 amide bonds. The molecule has 1 aliphatic rings. The highest BCUT2D eigenvalue weighted by molar-refractivity contribution is 5.79. The number of nitrogens with two attached hydrogens (primary N) is 1. The topological polar surface area (TPSA) is 73.6 Å². The van der Waals surface area contributed by atoms with E-state index in [1.54, 1.807) is 7.11 Å². The highest BCUT2D eigenvalue weighted by Crippen LogP contribution is 2.28. The van der Waals surface area contributed by atoms with Crippen molar-refractivity contribution in [3.05, 3.63) is 0 Å².